The largest absolute Gasteiger partial charge is 0.435 e. The molecule has 1 amide bonds. The van der Waals surface area contributed by atoms with Crippen molar-refractivity contribution in [2.45, 2.75) is 19.1 Å². The number of nitrogens with two attached hydrogens (primary N) is 1. The minimum absolute atomic E-state index is 0.0149. The number of alkyl halides is 2. The number of amides is 1. The molecule has 0 aliphatic carbocycles. The molecule has 0 radical (unpaired) electrons. The van der Waals surface area contributed by atoms with Crippen LogP contribution in [-0.4, -0.2) is 36.2 Å². The number of guanidine groups is 1. The van der Waals surface area contributed by atoms with Gasteiger partial charge in [-0.15, -0.1) is 0 Å². The number of aliphatic imine (C=N–C) groups is 1. The zero-order valence-corrected chi connectivity index (χ0v) is 14.6. The summed E-state index contributed by atoms with van der Waals surface area (Å²) in [4.78, 5) is 30.4. The fourth-order valence-electron chi connectivity index (χ4n) is 3.02. The zero-order chi connectivity index (χ0) is 19.8. The van der Waals surface area contributed by atoms with Crippen molar-refractivity contribution in [1.29, 1.82) is 0 Å². The summed E-state index contributed by atoms with van der Waals surface area (Å²) in [6.45, 7) is -1.53. The SMILES string of the molecule is CC(=O)c1cccc(C2(c3ccc(OC(F)F)cc3)N=C(N)N(C)C2=O)c1. The molecular formula is C19H17F2N3O3. The number of ketones is 1. The van der Waals surface area contributed by atoms with Crippen LogP contribution in [0.3, 0.4) is 0 Å². The number of hydrogen-bond donors (Lipinski definition) is 1. The number of halogens is 2. The van der Waals surface area contributed by atoms with Gasteiger partial charge in [0.25, 0.3) is 5.91 Å². The first-order valence-corrected chi connectivity index (χ1v) is 8.06. The molecule has 3 rings (SSSR count). The molecule has 1 aliphatic rings. The van der Waals surface area contributed by atoms with Crippen molar-refractivity contribution in [3.05, 3.63) is 65.2 Å². The maximum atomic E-state index is 13.1. The van der Waals surface area contributed by atoms with Crippen molar-refractivity contribution in [2.75, 3.05) is 7.05 Å². The molecule has 1 heterocycles. The molecule has 1 aliphatic heterocycles. The van der Waals surface area contributed by atoms with Crippen LogP contribution >= 0.6 is 0 Å². The summed E-state index contributed by atoms with van der Waals surface area (Å²) in [6, 6.07) is 12.2. The minimum Gasteiger partial charge on any atom is -0.435 e. The first kappa shape index (κ1) is 18.5. The van der Waals surface area contributed by atoms with Crippen LogP contribution in [0.2, 0.25) is 0 Å². The van der Waals surface area contributed by atoms with Gasteiger partial charge in [0, 0.05) is 12.6 Å². The minimum atomic E-state index is -2.95. The van der Waals surface area contributed by atoms with E-state index in [0.717, 1.165) is 0 Å². The molecule has 0 fully saturated rings. The predicted molar refractivity (Wildman–Crippen MR) is 94.7 cm³/mol. The van der Waals surface area contributed by atoms with Gasteiger partial charge in [0.2, 0.25) is 0 Å². The maximum Gasteiger partial charge on any atom is 0.387 e. The first-order chi connectivity index (χ1) is 12.8. The molecule has 2 N–H and O–H groups in total. The van der Waals surface area contributed by atoms with Crippen molar-refractivity contribution in [3.63, 3.8) is 0 Å². The van der Waals surface area contributed by atoms with Crippen LogP contribution in [0.15, 0.2) is 53.5 Å². The Morgan fingerprint density at radius 1 is 1.19 bits per heavy atom. The van der Waals surface area contributed by atoms with Crippen LogP contribution in [0.25, 0.3) is 0 Å². The van der Waals surface area contributed by atoms with Gasteiger partial charge in [0.05, 0.1) is 0 Å². The van der Waals surface area contributed by atoms with Gasteiger partial charge in [-0.25, -0.2) is 4.99 Å². The van der Waals surface area contributed by atoms with Crippen molar-refractivity contribution in [1.82, 2.24) is 4.90 Å². The lowest BCUT2D eigenvalue weighted by Crippen LogP contribution is -2.41. The van der Waals surface area contributed by atoms with E-state index in [4.69, 9.17) is 5.73 Å². The lowest BCUT2D eigenvalue weighted by molar-refractivity contribution is -0.129. The van der Waals surface area contributed by atoms with E-state index in [9.17, 15) is 18.4 Å². The Balaban J connectivity index is 2.17. The Morgan fingerprint density at radius 2 is 1.85 bits per heavy atom. The monoisotopic (exact) mass is 373 g/mol. The van der Waals surface area contributed by atoms with Gasteiger partial charge in [-0.05, 0) is 36.2 Å². The lowest BCUT2D eigenvalue weighted by atomic mass is 9.82. The number of nitrogens with zero attached hydrogens (tertiary/aromatic N) is 2. The van der Waals surface area contributed by atoms with Crippen molar-refractivity contribution < 1.29 is 23.1 Å². The van der Waals surface area contributed by atoms with Crippen molar-refractivity contribution in [3.8, 4) is 5.75 Å². The van der Waals surface area contributed by atoms with Crippen LogP contribution in [0, 0.1) is 0 Å². The highest BCUT2D eigenvalue weighted by Gasteiger charge is 2.49. The number of benzene rings is 2. The third-order valence-electron chi connectivity index (χ3n) is 4.42. The van der Waals surface area contributed by atoms with E-state index in [0.29, 0.717) is 16.7 Å². The van der Waals surface area contributed by atoms with E-state index in [1.165, 1.54) is 43.1 Å². The molecular weight excluding hydrogens is 356 g/mol. The number of hydrogen-bond acceptors (Lipinski definition) is 5. The van der Waals surface area contributed by atoms with E-state index in [1.54, 1.807) is 24.3 Å². The average molecular weight is 373 g/mol. The third kappa shape index (κ3) is 3.14. The highest BCUT2D eigenvalue weighted by atomic mass is 19.3. The molecule has 1 unspecified atom stereocenters. The van der Waals surface area contributed by atoms with Crippen LogP contribution in [-0.2, 0) is 10.3 Å². The summed E-state index contributed by atoms with van der Waals surface area (Å²) in [5.41, 5.74) is 5.66. The molecule has 2 aromatic carbocycles. The average Bonchev–Trinajstić information content (AvgIpc) is 2.87. The van der Waals surface area contributed by atoms with Crippen LogP contribution < -0.4 is 10.5 Å². The van der Waals surface area contributed by atoms with Crippen LogP contribution in [0.1, 0.15) is 28.4 Å². The van der Waals surface area contributed by atoms with E-state index in [1.807, 2.05) is 0 Å². The lowest BCUT2D eigenvalue weighted by Gasteiger charge is -2.26. The fraction of sp³-hybridized carbons (Fsp3) is 0.211. The molecule has 8 heteroatoms. The summed E-state index contributed by atoms with van der Waals surface area (Å²) in [6.07, 6.45) is 0. The summed E-state index contributed by atoms with van der Waals surface area (Å²) in [7, 11) is 1.49. The summed E-state index contributed by atoms with van der Waals surface area (Å²) >= 11 is 0. The van der Waals surface area contributed by atoms with E-state index >= 15 is 0 Å². The smallest absolute Gasteiger partial charge is 0.387 e. The molecule has 0 spiro atoms. The second kappa shape index (κ2) is 6.79. The van der Waals surface area contributed by atoms with E-state index in [2.05, 4.69) is 9.73 Å². The van der Waals surface area contributed by atoms with Crippen LogP contribution in [0.5, 0.6) is 5.75 Å². The normalized spacial score (nSPS) is 19.4. The number of Topliss-reactive ketones (excluding diaryl/α,β-unsaturated/α-hetero) is 1. The molecule has 27 heavy (non-hydrogen) atoms. The molecule has 6 nitrogen and oxygen atoms in total. The standard InChI is InChI=1S/C19H17F2N3O3/c1-11(25)12-4-3-5-14(10-12)19(16(26)24(2)18(22)23-19)13-6-8-15(9-7-13)27-17(20)21/h3-10,17H,1-2H3,(H2,22,23). The number of rotatable bonds is 5. The molecule has 0 aromatic heterocycles. The summed E-state index contributed by atoms with van der Waals surface area (Å²) < 4.78 is 29.1. The number of ether oxygens (including phenoxy) is 1. The Labute approximate surface area is 154 Å². The van der Waals surface area contributed by atoms with E-state index in [-0.39, 0.29) is 17.5 Å². The second-order valence-corrected chi connectivity index (χ2v) is 6.08. The number of likely N-dealkylation sites (N-methyl/N-ethyl adjacent to an activating group) is 1. The molecule has 2 aromatic rings. The van der Waals surface area contributed by atoms with Gasteiger partial charge < -0.3 is 10.5 Å². The molecule has 0 saturated carbocycles. The van der Waals surface area contributed by atoms with Crippen molar-refractivity contribution in [2.24, 2.45) is 10.7 Å². The molecule has 1 atom stereocenters. The van der Waals surface area contributed by atoms with Crippen LogP contribution in [0.4, 0.5) is 8.78 Å². The van der Waals surface area contributed by atoms with Gasteiger partial charge in [-0.1, -0.05) is 30.3 Å². The second-order valence-electron chi connectivity index (χ2n) is 6.08. The van der Waals surface area contributed by atoms with Gasteiger partial charge in [0.1, 0.15) is 5.75 Å². The maximum absolute atomic E-state index is 13.1. The van der Waals surface area contributed by atoms with Gasteiger partial charge in [0.15, 0.2) is 17.3 Å². The highest BCUT2D eigenvalue weighted by Crippen LogP contribution is 2.40. The molecule has 0 bridgehead atoms. The van der Waals surface area contributed by atoms with Gasteiger partial charge in [-0.2, -0.15) is 8.78 Å². The van der Waals surface area contributed by atoms with Crippen molar-refractivity contribution >= 4 is 17.6 Å². The van der Waals surface area contributed by atoms with Gasteiger partial charge >= 0.3 is 6.61 Å². The summed E-state index contributed by atoms with van der Waals surface area (Å²) in [5.74, 6) is -0.607. The Morgan fingerprint density at radius 3 is 2.37 bits per heavy atom. The predicted octanol–water partition coefficient (Wildman–Crippen LogP) is 2.52. The first-order valence-electron chi connectivity index (χ1n) is 8.06. The topological polar surface area (TPSA) is 85.0 Å². The zero-order valence-electron chi connectivity index (χ0n) is 14.6. The highest BCUT2D eigenvalue weighted by molar-refractivity contribution is 6.09. The Bertz CT molecular complexity index is 928. The Kier molecular flexibility index (Phi) is 4.65. The Hall–Kier alpha value is -3.29. The number of carbonyl (C=O) groups is 2. The quantitative estimate of drug-likeness (QED) is 0.816. The third-order valence-corrected chi connectivity index (χ3v) is 4.42. The van der Waals surface area contributed by atoms with E-state index < -0.39 is 18.1 Å². The number of carbonyl (C=O) groups excluding carboxylic acids is 2. The van der Waals surface area contributed by atoms with Gasteiger partial charge in [-0.3, -0.25) is 14.5 Å². The molecule has 0 saturated heterocycles. The summed E-state index contributed by atoms with van der Waals surface area (Å²) in [5, 5.41) is 0. The fourth-order valence-corrected chi connectivity index (χ4v) is 3.02. The molecule has 140 valence electrons.